The molecule has 0 bridgehead atoms. The van der Waals surface area contributed by atoms with E-state index in [9.17, 15) is 4.79 Å². The van der Waals surface area contributed by atoms with Gasteiger partial charge in [-0.2, -0.15) is 0 Å². The van der Waals surface area contributed by atoms with Crippen LogP contribution in [0.25, 0.3) is 0 Å². The second kappa shape index (κ2) is 9.46. The summed E-state index contributed by atoms with van der Waals surface area (Å²) in [6, 6.07) is 7.37. The number of carbonyl (C=O) groups is 1. The third-order valence-corrected chi connectivity index (χ3v) is 4.46. The molecule has 1 aromatic heterocycles. The lowest BCUT2D eigenvalue weighted by molar-refractivity contribution is -0.113. The summed E-state index contributed by atoms with van der Waals surface area (Å²) in [5.74, 6) is 2.31. The van der Waals surface area contributed by atoms with Crippen molar-refractivity contribution in [1.82, 2.24) is 14.8 Å². The molecule has 1 N–H and O–H groups in total. The monoisotopic (exact) mass is 362 g/mol. The molecule has 0 radical (unpaired) electrons. The number of ether oxygens (including phenoxy) is 1. The van der Waals surface area contributed by atoms with Crippen LogP contribution in [-0.4, -0.2) is 33.0 Å². The Morgan fingerprint density at radius 2 is 1.96 bits per heavy atom. The lowest BCUT2D eigenvalue weighted by atomic mass is 10.2. The van der Waals surface area contributed by atoms with Crippen LogP contribution in [0.4, 0.5) is 5.69 Å². The molecule has 0 fully saturated rings. The summed E-state index contributed by atoms with van der Waals surface area (Å²) in [5.41, 5.74) is 0.756. The predicted molar refractivity (Wildman–Crippen MR) is 101 cm³/mol. The molecule has 1 aromatic carbocycles. The Morgan fingerprint density at radius 3 is 2.56 bits per heavy atom. The average molecular weight is 362 g/mol. The Kier molecular flexibility index (Phi) is 7.31. The maximum absolute atomic E-state index is 12.2. The van der Waals surface area contributed by atoms with Gasteiger partial charge in [-0.15, -0.1) is 10.2 Å². The Morgan fingerprint density at radius 1 is 1.24 bits per heavy atom. The summed E-state index contributed by atoms with van der Waals surface area (Å²) in [6.45, 7) is 9.75. The van der Waals surface area contributed by atoms with Gasteiger partial charge >= 0.3 is 0 Å². The normalized spacial score (nSPS) is 10.9. The molecule has 1 amide bonds. The van der Waals surface area contributed by atoms with Crippen LogP contribution in [0.15, 0.2) is 29.4 Å². The highest BCUT2D eigenvalue weighted by Gasteiger charge is 2.15. The van der Waals surface area contributed by atoms with Gasteiger partial charge in [-0.3, -0.25) is 4.79 Å². The average Bonchev–Trinajstić information content (AvgIpc) is 2.98. The number of carbonyl (C=O) groups excluding carboxylic acids is 1. The molecule has 0 atom stereocenters. The van der Waals surface area contributed by atoms with E-state index in [1.165, 1.54) is 11.8 Å². The van der Waals surface area contributed by atoms with Gasteiger partial charge in [-0.25, -0.2) is 0 Å². The fourth-order valence-electron chi connectivity index (χ4n) is 2.40. The number of aromatic nitrogens is 3. The first-order valence-electron chi connectivity index (χ1n) is 8.63. The van der Waals surface area contributed by atoms with Crippen LogP contribution in [0, 0.1) is 0 Å². The minimum atomic E-state index is -0.0636. The largest absolute Gasteiger partial charge is 0.494 e. The number of benzene rings is 1. The van der Waals surface area contributed by atoms with E-state index in [0.29, 0.717) is 18.3 Å². The van der Waals surface area contributed by atoms with Crippen LogP contribution in [0.5, 0.6) is 5.75 Å². The maximum Gasteiger partial charge on any atom is 0.234 e. The first-order valence-corrected chi connectivity index (χ1v) is 9.62. The summed E-state index contributed by atoms with van der Waals surface area (Å²) in [5, 5.41) is 12.2. The van der Waals surface area contributed by atoms with Gasteiger partial charge < -0.3 is 14.6 Å². The van der Waals surface area contributed by atoms with E-state index in [1.54, 1.807) is 0 Å². The smallest absolute Gasteiger partial charge is 0.234 e. The molecule has 25 heavy (non-hydrogen) atoms. The van der Waals surface area contributed by atoms with E-state index >= 15 is 0 Å². The van der Waals surface area contributed by atoms with E-state index in [-0.39, 0.29) is 5.91 Å². The quantitative estimate of drug-likeness (QED) is 0.684. The second-order valence-corrected chi connectivity index (χ2v) is 6.88. The van der Waals surface area contributed by atoms with Crippen molar-refractivity contribution in [2.75, 3.05) is 17.7 Å². The molecule has 0 saturated heterocycles. The predicted octanol–water partition coefficient (Wildman–Crippen LogP) is 3.94. The minimum Gasteiger partial charge on any atom is -0.494 e. The zero-order valence-corrected chi connectivity index (χ0v) is 16.1. The molecule has 136 valence electrons. The lowest BCUT2D eigenvalue weighted by Crippen LogP contribution is -2.15. The number of rotatable bonds is 9. The number of anilines is 1. The zero-order valence-electron chi connectivity index (χ0n) is 15.3. The second-order valence-electron chi connectivity index (χ2n) is 5.94. The van der Waals surface area contributed by atoms with Crippen molar-refractivity contribution >= 4 is 23.4 Å². The molecular weight excluding hydrogens is 336 g/mol. The molecule has 0 aliphatic heterocycles. The molecule has 6 nitrogen and oxygen atoms in total. The van der Waals surface area contributed by atoms with Gasteiger partial charge in [0.05, 0.1) is 12.4 Å². The molecule has 0 unspecified atom stereocenters. The summed E-state index contributed by atoms with van der Waals surface area (Å²) >= 11 is 1.42. The molecular formula is C18H26N4O2S. The van der Waals surface area contributed by atoms with Crippen LogP contribution in [-0.2, 0) is 11.3 Å². The van der Waals surface area contributed by atoms with Gasteiger partial charge in [-0.05, 0) is 37.6 Å². The minimum absolute atomic E-state index is 0.0636. The third-order valence-electron chi connectivity index (χ3n) is 3.49. The number of hydrogen-bond acceptors (Lipinski definition) is 5. The standard InChI is InChI=1S/C18H26N4O2S/c1-5-11-22-17(13(3)4)20-21-18(22)25-12-16(23)19-14-7-9-15(10-8-14)24-6-2/h7-10,13H,5-6,11-12H2,1-4H3,(H,19,23). The molecule has 1 heterocycles. The SMILES string of the molecule is CCCn1c(SCC(=O)Nc2ccc(OCC)cc2)nnc1C(C)C. The Balaban J connectivity index is 1.93. The van der Waals surface area contributed by atoms with Crippen LogP contribution in [0.3, 0.4) is 0 Å². The highest BCUT2D eigenvalue weighted by Crippen LogP contribution is 2.22. The number of nitrogens with one attached hydrogen (secondary N) is 1. The first-order chi connectivity index (χ1) is 12.0. The molecule has 2 rings (SSSR count). The summed E-state index contributed by atoms with van der Waals surface area (Å²) in [4.78, 5) is 12.2. The Hall–Kier alpha value is -2.02. The van der Waals surface area contributed by atoms with Crippen LogP contribution < -0.4 is 10.1 Å². The van der Waals surface area contributed by atoms with Crippen molar-refractivity contribution in [2.45, 2.75) is 51.7 Å². The highest BCUT2D eigenvalue weighted by molar-refractivity contribution is 7.99. The molecule has 0 aliphatic carbocycles. The van der Waals surface area contributed by atoms with Gasteiger partial charge in [0.1, 0.15) is 11.6 Å². The number of nitrogens with zero attached hydrogens (tertiary/aromatic N) is 3. The molecule has 0 saturated carbocycles. The van der Waals surface area contributed by atoms with Crippen molar-refractivity contribution in [1.29, 1.82) is 0 Å². The number of amides is 1. The van der Waals surface area contributed by atoms with Crippen molar-refractivity contribution in [3.8, 4) is 5.75 Å². The fraction of sp³-hybridized carbons (Fsp3) is 0.500. The lowest BCUT2D eigenvalue weighted by Gasteiger charge is -2.11. The van der Waals surface area contributed by atoms with E-state index in [0.717, 1.165) is 35.4 Å². The van der Waals surface area contributed by atoms with Crippen molar-refractivity contribution < 1.29 is 9.53 Å². The Bertz CT molecular complexity index is 683. The Labute approximate surface area is 153 Å². The van der Waals surface area contributed by atoms with Gasteiger partial charge in [0.2, 0.25) is 5.91 Å². The fourth-order valence-corrected chi connectivity index (χ4v) is 3.17. The summed E-state index contributed by atoms with van der Waals surface area (Å²) < 4.78 is 7.50. The topological polar surface area (TPSA) is 69.0 Å². The van der Waals surface area contributed by atoms with E-state index in [4.69, 9.17) is 4.74 Å². The van der Waals surface area contributed by atoms with E-state index in [2.05, 4.69) is 40.9 Å². The van der Waals surface area contributed by atoms with E-state index < -0.39 is 0 Å². The van der Waals surface area contributed by atoms with Gasteiger partial charge in [0.15, 0.2) is 5.16 Å². The molecule has 2 aromatic rings. The van der Waals surface area contributed by atoms with Gasteiger partial charge in [0, 0.05) is 18.2 Å². The molecule has 0 spiro atoms. The third kappa shape index (κ3) is 5.49. The van der Waals surface area contributed by atoms with Gasteiger partial charge in [0.25, 0.3) is 0 Å². The summed E-state index contributed by atoms with van der Waals surface area (Å²) in [6.07, 6.45) is 1.00. The van der Waals surface area contributed by atoms with Gasteiger partial charge in [-0.1, -0.05) is 32.5 Å². The molecule has 7 heteroatoms. The van der Waals surface area contributed by atoms with Crippen molar-refractivity contribution in [2.24, 2.45) is 0 Å². The van der Waals surface area contributed by atoms with Crippen LogP contribution in [0.2, 0.25) is 0 Å². The zero-order chi connectivity index (χ0) is 18.2. The number of thioether (sulfide) groups is 1. The van der Waals surface area contributed by atoms with Crippen LogP contribution in [0.1, 0.15) is 45.9 Å². The summed E-state index contributed by atoms with van der Waals surface area (Å²) in [7, 11) is 0. The van der Waals surface area contributed by atoms with Crippen molar-refractivity contribution in [3.05, 3.63) is 30.1 Å². The van der Waals surface area contributed by atoms with E-state index in [1.807, 2.05) is 31.2 Å². The highest BCUT2D eigenvalue weighted by atomic mass is 32.2. The maximum atomic E-state index is 12.2. The first kappa shape index (κ1) is 19.3. The van der Waals surface area contributed by atoms with Crippen LogP contribution >= 0.6 is 11.8 Å². The van der Waals surface area contributed by atoms with Crippen molar-refractivity contribution in [3.63, 3.8) is 0 Å². The molecule has 0 aliphatic rings. The number of hydrogen-bond donors (Lipinski definition) is 1.